The van der Waals surface area contributed by atoms with Gasteiger partial charge < -0.3 is 0 Å². The van der Waals surface area contributed by atoms with Gasteiger partial charge >= 0.3 is 0 Å². The summed E-state index contributed by atoms with van der Waals surface area (Å²) in [7, 11) is 0. The molecule has 1 aliphatic carbocycles. The second kappa shape index (κ2) is 9.62. The Kier molecular flexibility index (Phi) is 6.51. The van der Waals surface area contributed by atoms with Gasteiger partial charge in [0.15, 0.2) is 5.69 Å². The van der Waals surface area contributed by atoms with Crippen LogP contribution in [-0.4, -0.2) is 21.6 Å². The molecular weight excluding hydrogens is 519 g/mol. The molecule has 1 fully saturated rings. The number of nitrogens with zero attached hydrogens (tertiary/aromatic N) is 2. The van der Waals surface area contributed by atoms with E-state index in [0.717, 1.165) is 24.0 Å². The van der Waals surface area contributed by atoms with Gasteiger partial charge in [-0.3, -0.25) is 20.4 Å². The fourth-order valence-electron chi connectivity index (χ4n) is 4.31. The van der Waals surface area contributed by atoms with Gasteiger partial charge in [0, 0.05) is 21.2 Å². The molecule has 0 spiro atoms. The highest BCUT2D eigenvalue weighted by Crippen LogP contribution is 2.48. The molecule has 0 aliphatic heterocycles. The summed E-state index contributed by atoms with van der Waals surface area (Å²) in [5, 5.41) is 6.01. The van der Waals surface area contributed by atoms with Crippen LogP contribution in [0.2, 0.25) is 15.1 Å². The molecule has 5 rings (SSSR count). The van der Waals surface area contributed by atoms with E-state index in [0.29, 0.717) is 32.0 Å². The number of halogens is 3. The molecule has 0 bridgehead atoms. The molecule has 6 nitrogen and oxygen atoms in total. The van der Waals surface area contributed by atoms with Crippen molar-refractivity contribution in [2.75, 3.05) is 0 Å². The van der Waals surface area contributed by atoms with E-state index in [9.17, 15) is 9.59 Å². The Balaban J connectivity index is 1.46. The minimum absolute atomic E-state index is 0.149. The first kappa shape index (κ1) is 24.4. The normalized spacial score (nSPS) is 13.8. The predicted molar refractivity (Wildman–Crippen MR) is 142 cm³/mol. The van der Waals surface area contributed by atoms with Crippen molar-refractivity contribution in [2.45, 2.75) is 25.2 Å². The molecule has 1 heterocycles. The van der Waals surface area contributed by atoms with Gasteiger partial charge in [-0.1, -0.05) is 77.3 Å². The Labute approximate surface area is 223 Å². The van der Waals surface area contributed by atoms with E-state index < -0.39 is 11.3 Å². The van der Waals surface area contributed by atoms with Crippen LogP contribution < -0.4 is 10.9 Å². The fraction of sp³-hybridized carbons (Fsp3) is 0.148. The van der Waals surface area contributed by atoms with Crippen molar-refractivity contribution >= 4 is 46.6 Å². The highest BCUT2D eigenvalue weighted by molar-refractivity contribution is 6.35. The van der Waals surface area contributed by atoms with Gasteiger partial charge in [-0.25, -0.2) is 4.68 Å². The SMILES string of the molecule is Cc1c(C(=O)NNC(=O)C2(c3ccccc3)CC2)nn(-c2ccc(Cl)cc2Cl)c1-c1ccc(Cl)cc1. The third kappa shape index (κ3) is 4.48. The molecule has 0 unspecified atom stereocenters. The smallest absolute Gasteiger partial charge is 0.272 e. The minimum atomic E-state index is -0.617. The number of benzene rings is 3. The third-order valence-corrected chi connectivity index (χ3v) is 7.18. The van der Waals surface area contributed by atoms with Crippen molar-refractivity contribution in [2.24, 2.45) is 0 Å². The lowest BCUT2D eigenvalue weighted by Crippen LogP contribution is -2.46. The summed E-state index contributed by atoms with van der Waals surface area (Å²) in [5.74, 6) is -0.790. The molecular formula is C27H21Cl3N4O2. The fourth-order valence-corrected chi connectivity index (χ4v) is 4.92. The van der Waals surface area contributed by atoms with E-state index in [4.69, 9.17) is 34.8 Å². The van der Waals surface area contributed by atoms with Crippen LogP contribution >= 0.6 is 34.8 Å². The van der Waals surface area contributed by atoms with Crippen LogP contribution in [0.4, 0.5) is 0 Å². The van der Waals surface area contributed by atoms with Crippen LogP contribution in [0.25, 0.3) is 16.9 Å². The van der Waals surface area contributed by atoms with Crippen LogP contribution in [0.5, 0.6) is 0 Å². The van der Waals surface area contributed by atoms with Gasteiger partial charge in [0.1, 0.15) is 0 Å². The first-order chi connectivity index (χ1) is 17.3. The number of hydrogen-bond donors (Lipinski definition) is 2. The summed E-state index contributed by atoms with van der Waals surface area (Å²) in [6.07, 6.45) is 1.45. The molecule has 3 aromatic carbocycles. The van der Waals surface area contributed by atoms with Gasteiger partial charge in [0.2, 0.25) is 5.91 Å². The van der Waals surface area contributed by atoms with Crippen molar-refractivity contribution < 1.29 is 9.59 Å². The molecule has 0 atom stereocenters. The molecule has 4 aromatic rings. The Bertz CT molecular complexity index is 1460. The maximum Gasteiger partial charge on any atom is 0.290 e. The number of rotatable bonds is 5. The van der Waals surface area contributed by atoms with Crippen LogP contribution in [0.1, 0.15) is 34.5 Å². The van der Waals surface area contributed by atoms with Crippen molar-refractivity contribution in [3.63, 3.8) is 0 Å². The average molecular weight is 540 g/mol. The number of amides is 2. The van der Waals surface area contributed by atoms with Crippen LogP contribution in [0.15, 0.2) is 72.8 Å². The summed E-state index contributed by atoms with van der Waals surface area (Å²) in [6.45, 7) is 1.79. The van der Waals surface area contributed by atoms with Crippen LogP contribution in [-0.2, 0) is 10.2 Å². The summed E-state index contributed by atoms with van der Waals surface area (Å²) in [5.41, 5.74) is 8.22. The zero-order valence-corrected chi connectivity index (χ0v) is 21.5. The zero-order valence-electron chi connectivity index (χ0n) is 19.2. The second-order valence-electron chi connectivity index (χ2n) is 8.69. The van der Waals surface area contributed by atoms with Crippen molar-refractivity contribution in [3.05, 3.63) is 105 Å². The van der Waals surface area contributed by atoms with Gasteiger partial charge in [-0.15, -0.1) is 0 Å². The van der Waals surface area contributed by atoms with Crippen LogP contribution in [0, 0.1) is 6.92 Å². The molecule has 182 valence electrons. The van der Waals surface area contributed by atoms with Crippen molar-refractivity contribution in [3.8, 4) is 16.9 Å². The van der Waals surface area contributed by atoms with Crippen molar-refractivity contribution in [1.29, 1.82) is 0 Å². The lowest BCUT2D eigenvalue weighted by atomic mass is 9.95. The number of hydrazine groups is 1. The summed E-state index contributed by atoms with van der Waals surface area (Å²) in [4.78, 5) is 26.2. The molecule has 1 aliphatic rings. The monoisotopic (exact) mass is 538 g/mol. The quantitative estimate of drug-likeness (QED) is 0.292. The molecule has 9 heteroatoms. The Morgan fingerprint density at radius 1 is 0.889 bits per heavy atom. The molecule has 2 amide bonds. The van der Waals surface area contributed by atoms with Gasteiger partial charge in [-0.05, 0) is 55.7 Å². The number of aromatic nitrogens is 2. The van der Waals surface area contributed by atoms with E-state index in [2.05, 4.69) is 16.0 Å². The standard InChI is InChI=1S/C27H21Cl3N4O2/c1-16-23(25(35)31-32-26(36)27(13-14-27)18-5-3-2-4-6-18)33-34(22-12-11-20(29)15-21(22)30)24(16)17-7-9-19(28)10-8-17/h2-12,15H,13-14H2,1H3,(H,31,35)(H,32,36). The average Bonchev–Trinajstić information content (AvgIpc) is 3.62. The highest BCUT2D eigenvalue weighted by Gasteiger charge is 2.51. The Morgan fingerprint density at radius 2 is 1.56 bits per heavy atom. The Hall–Kier alpha value is -3.32. The molecule has 1 saturated carbocycles. The summed E-state index contributed by atoms with van der Waals surface area (Å²) >= 11 is 18.7. The predicted octanol–water partition coefficient (Wildman–Crippen LogP) is 6.30. The summed E-state index contributed by atoms with van der Waals surface area (Å²) < 4.78 is 1.60. The number of carbonyl (C=O) groups excluding carboxylic acids is 2. The van der Waals surface area contributed by atoms with E-state index >= 15 is 0 Å². The van der Waals surface area contributed by atoms with Crippen molar-refractivity contribution in [1.82, 2.24) is 20.6 Å². The van der Waals surface area contributed by atoms with E-state index in [-0.39, 0.29) is 11.6 Å². The first-order valence-electron chi connectivity index (χ1n) is 11.3. The van der Waals surface area contributed by atoms with Crippen LogP contribution in [0.3, 0.4) is 0 Å². The molecule has 0 saturated heterocycles. The van der Waals surface area contributed by atoms with E-state index in [1.165, 1.54) is 0 Å². The maximum atomic E-state index is 13.2. The third-order valence-electron chi connectivity index (χ3n) is 6.39. The highest BCUT2D eigenvalue weighted by atomic mass is 35.5. The van der Waals surface area contributed by atoms with Gasteiger partial charge in [0.25, 0.3) is 5.91 Å². The lowest BCUT2D eigenvalue weighted by Gasteiger charge is -2.16. The maximum absolute atomic E-state index is 13.2. The summed E-state index contributed by atoms with van der Waals surface area (Å²) in [6, 6.07) is 21.8. The second-order valence-corrected chi connectivity index (χ2v) is 9.97. The number of carbonyl (C=O) groups is 2. The minimum Gasteiger partial charge on any atom is -0.272 e. The topological polar surface area (TPSA) is 76.0 Å². The Morgan fingerprint density at radius 3 is 2.19 bits per heavy atom. The largest absolute Gasteiger partial charge is 0.290 e. The molecule has 36 heavy (non-hydrogen) atoms. The van der Waals surface area contributed by atoms with E-state index in [1.807, 2.05) is 42.5 Å². The van der Waals surface area contributed by atoms with Gasteiger partial charge in [-0.2, -0.15) is 5.10 Å². The van der Waals surface area contributed by atoms with Gasteiger partial charge in [0.05, 0.1) is 21.8 Å². The lowest BCUT2D eigenvalue weighted by molar-refractivity contribution is -0.124. The first-order valence-corrected chi connectivity index (χ1v) is 12.4. The molecule has 2 N–H and O–H groups in total. The molecule has 1 aromatic heterocycles. The number of nitrogens with one attached hydrogen (secondary N) is 2. The molecule has 0 radical (unpaired) electrons. The number of hydrogen-bond acceptors (Lipinski definition) is 3. The zero-order chi connectivity index (χ0) is 25.4. The van der Waals surface area contributed by atoms with E-state index in [1.54, 1.807) is 41.9 Å².